The van der Waals surface area contributed by atoms with Crippen LogP contribution in [-0.2, 0) is 6.54 Å². The maximum Gasteiger partial charge on any atom is 0.193 e. The van der Waals surface area contributed by atoms with Gasteiger partial charge < -0.3 is 15.3 Å². The van der Waals surface area contributed by atoms with Gasteiger partial charge in [0.2, 0.25) is 0 Å². The summed E-state index contributed by atoms with van der Waals surface area (Å²) < 4.78 is 0. The number of nitrogens with one attached hydrogen (secondary N) is 1. The summed E-state index contributed by atoms with van der Waals surface area (Å²) in [7, 11) is 1.99. The molecule has 0 saturated carbocycles. The minimum absolute atomic E-state index is 0.154. The number of aliphatic hydroxyl groups excluding tert-OH is 1. The molecule has 20 heavy (non-hydrogen) atoms. The number of aliphatic imine (C=N–C) groups is 1. The number of hydrogen-bond acceptors (Lipinski definition) is 2. The first-order chi connectivity index (χ1) is 9.56. The SMILES string of the molecule is CCNC(=NCC(C)CO)N(C)Cc1cccc(Cl)c1. The molecule has 112 valence electrons. The van der Waals surface area contributed by atoms with Gasteiger partial charge in [0, 0.05) is 38.3 Å². The van der Waals surface area contributed by atoms with Crippen LogP contribution in [0.4, 0.5) is 0 Å². The molecule has 0 aliphatic rings. The second-order valence-electron chi connectivity index (χ2n) is 4.97. The van der Waals surface area contributed by atoms with Crippen LogP contribution < -0.4 is 5.32 Å². The van der Waals surface area contributed by atoms with E-state index in [0.717, 1.165) is 29.6 Å². The molecule has 0 bridgehead atoms. The maximum atomic E-state index is 9.06. The van der Waals surface area contributed by atoms with E-state index in [1.54, 1.807) is 0 Å². The lowest BCUT2D eigenvalue weighted by Crippen LogP contribution is -2.38. The van der Waals surface area contributed by atoms with Crippen LogP contribution in [0.25, 0.3) is 0 Å². The van der Waals surface area contributed by atoms with E-state index >= 15 is 0 Å². The van der Waals surface area contributed by atoms with Crippen molar-refractivity contribution < 1.29 is 5.11 Å². The Balaban J connectivity index is 2.70. The molecule has 0 heterocycles. The van der Waals surface area contributed by atoms with Crippen molar-refractivity contribution in [2.24, 2.45) is 10.9 Å². The Hall–Kier alpha value is -1.26. The van der Waals surface area contributed by atoms with Crippen LogP contribution in [0.1, 0.15) is 19.4 Å². The molecule has 0 fully saturated rings. The van der Waals surface area contributed by atoms with Gasteiger partial charge in [0.25, 0.3) is 0 Å². The minimum atomic E-state index is 0.154. The van der Waals surface area contributed by atoms with E-state index in [1.165, 1.54) is 0 Å². The first-order valence-electron chi connectivity index (χ1n) is 6.91. The highest BCUT2D eigenvalue weighted by molar-refractivity contribution is 6.30. The number of halogens is 1. The fourth-order valence-electron chi connectivity index (χ4n) is 1.75. The van der Waals surface area contributed by atoms with Gasteiger partial charge in [0.05, 0.1) is 0 Å². The molecular formula is C15H24ClN3O. The van der Waals surface area contributed by atoms with Gasteiger partial charge in [0.15, 0.2) is 5.96 Å². The molecule has 0 radical (unpaired) electrons. The smallest absolute Gasteiger partial charge is 0.193 e. The number of rotatable bonds is 6. The van der Waals surface area contributed by atoms with E-state index in [4.69, 9.17) is 16.7 Å². The first kappa shape index (κ1) is 16.8. The highest BCUT2D eigenvalue weighted by Crippen LogP contribution is 2.12. The van der Waals surface area contributed by atoms with Crippen molar-refractivity contribution in [2.75, 3.05) is 26.7 Å². The highest BCUT2D eigenvalue weighted by Gasteiger charge is 2.07. The molecule has 0 saturated heterocycles. The van der Waals surface area contributed by atoms with Gasteiger partial charge in [-0.15, -0.1) is 0 Å². The van der Waals surface area contributed by atoms with Crippen LogP contribution in [-0.4, -0.2) is 42.7 Å². The summed E-state index contributed by atoms with van der Waals surface area (Å²) in [6, 6.07) is 7.82. The maximum absolute atomic E-state index is 9.06. The largest absolute Gasteiger partial charge is 0.396 e. The zero-order chi connectivity index (χ0) is 15.0. The summed E-state index contributed by atoms with van der Waals surface area (Å²) in [5.74, 6) is 1.01. The fourth-order valence-corrected chi connectivity index (χ4v) is 1.97. The second-order valence-corrected chi connectivity index (χ2v) is 5.40. The minimum Gasteiger partial charge on any atom is -0.396 e. The molecule has 1 aromatic rings. The topological polar surface area (TPSA) is 47.9 Å². The van der Waals surface area contributed by atoms with Crippen molar-refractivity contribution in [3.8, 4) is 0 Å². The van der Waals surface area contributed by atoms with Crippen LogP contribution in [0, 0.1) is 5.92 Å². The summed E-state index contributed by atoms with van der Waals surface area (Å²) >= 11 is 6.00. The Kier molecular flexibility index (Phi) is 7.41. The van der Waals surface area contributed by atoms with Crippen molar-refractivity contribution in [1.82, 2.24) is 10.2 Å². The average molecular weight is 298 g/mol. The van der Waals surface area contributed by atoms with Crippen molar-refractivity contribution in [1.29, 1.82) is 0 Å². The molecule has 1 rings (SSSR count). The van der Waals surface area contributed by atoms with E-state index in [2.05, 4.69) is 15.2 Å². The average Bonchev–Trinajstić information content (AvgIpc) is 2.42. The summed E-state index contributed by atoms with van der Waals surface area (Å²) in [6.45, 7) is 6.33. The Bertz CT molecular complexity index is 437. The molecule has 1 aromatic carbocycles. The third kappa shape index (κ3) is 5.80. The van der Waals surface area contributed by atoms with Gasteiger partial charge in [-0.1, -0.05) is 30.7 Å². The predicted molar refractivity (Wildman–Crippen MR) is 85.1 cm³/mol. The number of aliphatic hydroxyl groups is 1. The molecule has 0 amide bonds. The molecule has 4 nitrogen and oxygen atoms in total. The molecule has 1 unspecified atom stereocenters. The van der Waals surface area contributed by atoms with Crippen molar-refractivity contribution in [3.05, 3.63) is 34.9 Å². The summed E-state index contributed by atoms with van der Waals surface area (Å²) in [5.41, 5.74) is 1.14. The summed E-state index contributed by atoms with van der Waals surface area (Å²) in [4.78, 5) is 6.60. The van der Waals surface area contributed by atoms with Gasteiger partial charge in [0.1, 0.15) is 0 Å². The quantitative estimate of drug-likeness (QED) is 0.626. The molecule has 0 aromatic heterocycles. The monoisotopic (exact) mass is 297 g/mol. The van der Waals surface area contributed by atoms with Gasteiger partial charge in [-0.3, -0.25) is 4.99 Å². The van der Waals surface area contributed by atoms with Crippen molar-refractivity contribution in [2.45, 2.75) is 20.4 Å². The zero-order valence-electron chi connectivity index (χ0n) is 12.4. The van der Waals surface area contributed by atoms with E-state index in [9.17, 15) is 0 Å². The van der Waals surface area contributed by atoms with Crippen LogP contribution in [0.15, 0.2) is 29.3 Å². The third-order valence-corrected chi connectivity index (χ3v) is 3.10. The summed E-state index contributed by atoms with van der Waals surface area (Å²) in [5, 5.41) is 13.1. The fraction of sp³-hybridized carbons (Fsp3) is 0.533. The Morgan fingerprint density at radius 2 is 2.25 bits per heavy atom. The lowest BCUT2D eigenvalue weighted by Gasteiger charge is -2.22. The Labute approximate surface area is 126 Å². The van der Waals surface area contributed by atoms with E-state index in [1.807, 2.05) is 45.2 Å². The van der Waals surface area contributed by atoms with Gasteiger partial charge in [-0.25, -0.2) is 0 Å². The Morgan fingerprint density at radius 3 is 2.85 bits per heavy atom. The third-order valence-electron chi connectivity index (χ3n) is 2.87. The first-order valence-corrected chi connectivity index (χ1v) is 7.29. The normalized spacial score (nSPS) is 13.2. The lowest BCUT2D eigenvalue weighted by atomic mass is 10.2. The molecule has 5 heteroatoms. The molecule has 0 aliphatic heterocycles. The molecule has 0 spiro atoms. The van der Waals surface area contributed by atoms with Gasteiger partial charge in [-0.2, -0.15) is 0 Å². The number of hydrogen-bond donors (Lipinski definition) is 2. The van der Waals surface area contributed by atoms with E-state index in [-0.39, 0.29) is 12.5 Å². The zero-order valence-corrected chi connectivity index (χ0v) is 13.2. The molecule has 2 N–H and O–H groups in total. The number of nitrogens with zero attached hydrogens (tertiary/aromatic N) is 2. The standard InChI is InChI=1S/C15H24ClN3O/c1-4-17-15(18-9-12(2)11-20)19(3)10-13-6-5-7-14(16)8-13/h5-8,12,20H,4,9-11H2,1-3H3,(H,17,18). The second kappa shape index (κ2) is 8.82. The van der Waals surface area contributed by atoms with Crippen LogP contribution >= 0.6 is 11.6 Å². The van der Waals surface area contributed by atoms with Crippen LogP contribution in [0.5, 0.6) is 0 Å². The van der Waals surface area contributed by atoms with Crippen molar-refractivity contribution >= 4 is 17.6 Å². The van der Waals surface area contributed by atoms with E-state index in [0.29, 0.717) is 6.54 Å². The molecule has 0 aliphatic carbocycles. The predicted octanol–water partition coefficient (Wildman–Crippen LogP) is 2.37. The summed E-state index contributed by atoms with van der Waals surface area (Å²) in [6.07, 6.45) is 0. The number of benzene rings is 1. The highest BCUT2D eigenvalue weighted by atomic mass is 35.5. The van der Waals surface area contributed by atoms with Crippen LogP contribution in [0.3, 0.4) is 0 Å². The lowest BCUT2D eigenvalue weighted by molar-refractivity contribution is 0.241. The van der Waals surface area contributed by atoms with Gasteiger partial charge in [-0.05, 0) is 30.5 Å². The Morgan fingerprint density at radius 1 is 1.50 bits per heavy atom. The molecule has 1 atom stereocenters. The van der Waals surface area contributed by atoms with Crippen molar-refractivity contribution in [3.63, 3.8) is 0 Å². The van der Waals surface area contributed by atoms with E-state index < -0.39 is 0 Å². The van der Waals surface area contributed by atoms with Gasteiger partial charge >= 0.3 is 0 Å². The van der Waals surface area contributed by atoms with Crippen LogP contribution in [0.2, 0.25) is 5.02 Å². The molecular weight excluding hydrogens is 274 g/mol. The number of guanidine groups is 1.